The highest BCUT2D eigenvalue weighted by Crippen LogP contribution is 2.22. The minimum Gasteiger partial charge on any atom is -0.383 e. The lowest BCUT2D eigenvalue weighted by atomic mass is 10.1. The first kappa shape index (κ1) is 16.6. The summed E-state index contributed by atoms with van der Waals surface area (Å²) in [5, 5.41) is 5.52. The summed E-state index contributed by atoms with van der Waals surface area (Å²) in [6.45, 7) is 2.96. The molecular formula is C16H25N3O3. The van der Waals surface area contributed by atoms with Gasteiger partial charge in [0.25, 0.3) is 0 Å². The van der Waals surface area contributed by atoms with Gasteiger partial charge in [0.05, 0.1) is 12.7 Å². The van der Waals surface area contributed by atoms with Gasteiger partial charge >= 0.3 is 6.03 Å². The first-order valence-electron chi connectivity index (χ1n) is 7.64. The van der Waals surface area contributed by atoms with Gasteiger partial charge in [0.15, 0.2) is 0 Å². The Morgan fingerprint density at radius 3 is 2.77 bits per heavy atom. The summed E-state index contributed by atoms with van der Waals surface area (Å²) in [6, 6.07) is 7.68. The maximum absolute atomic E-state index is 11.7. The molecule has 0 aliphatic carbocycles. The Labute approximate surface area is 131 Å². The van der Waals surface area contributed by atoms with Gasteiger partial charge in [0.2, 0.25) is 0 Å². The number of hydrogen-bond acceptors (Lipinski definition) is 4. The molecule has 1 aliphatic heterocycles. The number of methoxy groups -OCH3 is 2. The van der Waals surface area contributed by atoms with Gasteiger partial charge in [-0.25, -0.2) is 4.79 Å². The van der Waals surface area contributed by atoms with Crippen LogP contribution in [0.2, 0.25) is 0 Å². The van der Waals surface area contributed by atoms with Crippen LogP contribution in [0.25, 0.3) is 0 Å². The number of piperidine rings is 1. The van der Waals surface area contributed by atoms with Crippen molar-refractivity contribution in [2.75, 3.05) is 50.7 Å². The molecule has 0 spiro atoms. The lowest BCUT2D eigenvalue weighted by Gasteiger charge is -2.33. The number of urea groups is 1. The van der Waals surface area contributed by atoms with E-state index < -0.39 is 0 Å². The van der Waals surface area contributed by atoms with Gasteiger partial charge in [-0.2, -0.15) is 0 Å². The van der Waals surface area contributed by atoms with Crippen molar-refractivity contribution in [2.24, 2.45) is 0 Å². The zero-order valence-electron chi connectivity index (χ0n) is 13.3. The molecule has 1 atom stereocenters. The van der Waals surface area contributed by atoms with Crippen molar-refractivity contribution >= 4 is 17.4 Å². The number of rotatable bonds is 6. The van der Waals surface area contributed by atoms with Gasteiger partial charge in [-0.15, -0.1) is 0 Å². The van der Waals surface area contributed by atoms with E-state index in [1.165, 1.54) is 0 Å². The van der Waals surface area contributed by atoms with Crippen molar-refractivity contribution in [1.29, 1.82) is 0 Å². The van der Waals surface area contributed by atoms with E-state index in [2.05, 4.69) is 15.5 Å². The Kier molecular flexibility index (Phi) is 6.48. The molecule has 122 valence electrons. The van der Waals surface area contributed by atoms with Crippen LogP contribution in [0.15, 0.2) is 24.3 Å². The molecule has 1 heterocycles. The third-order valence-electron chi connectivity index (χ3n) is 3.79. The van der Waals surface area contributed by atoms with Crippen LogP contribution < -0.4 is 15.5 Å². The van der Waals surface area contributed by atoms with Crippen LogP contribution in [0.1, 0.15) is 12.8 Å². The number of anilines is 2. The molecule has 2 rings (SSSR count). The number of nitrogens with zero attached hydrogens (tertiary/aromatic N) is 1. The van der Waals surface area contributed by atoms with Gasteiger partial charge in [0, 0.05) is 45.2 Å². The van der Waals surface area contributed by atoms with Crippen molar-refractivity contribution in [2.45, 2.75) is 18.9 Å². The molecule has 0 saturated carbocycles. The molecule has 6 nitrogen and oxygen atoms in total. The first-order chi connectivity index (χ1) is 10.7. The van der Waals surface area contributed by atoms with Gasteiger partial charge in [-0.1, -0.05) is 0 Å². The summed E-state index contributed by atoms with van der Waals surface area (Å²) in [5.41, 5.74) is 1.94. The summed E-state index contributed by atoms with van der Waals surface area (Å²) in [7, 11) is 3.37. The van der Waals surface area contributed by atoms with Crippen molar-refractivity contribution in [3.05, 3.63) is 24.3 Å². The van der Waals surface area contributed by atoms with Crippen LogP contribution >= 0.6 is 0 Å². The summed E-state index contributed by atoms with van der Waals surface area (Å²) in [6.07, 6.45) is 2.56. The lowest BCUT2D eigenvalue weighted by molar-refractivity contribution is 0.0893. The fourth-order valence-electron chi connectivity index (χ4n) is 2.56. The minimum atomic E-state index is -0.220. The predicted octanol–water partition coefficient (Wildman–Crippen LogP) is 2.07. The topological polar surface area (TPSA) is 62.8 Å². The molecule has 1 unspecified atom stereocenters. The monoisotopic (exact) mass is 307 g/mol. The quantitative estimate of drug-likeness (QED) is 0.790. The van der Waals surface area contributed by atoms with Crippen molar-refractivity contribution in [1.82, 2.24) is 5.32 Å². The smallest absolute Gasteiger partial charge is 0.319 e. The maximum atomic E-state index is 11.7. The van der Waals surface area contributed by atoms with Crippen molar-refractivity contribution < 1.29 is 14.3 Å². The number of nitrogens with one attached hydrogen (secondary N) is 2. The Morgan fingerprint density at radius 2 is 2.09 bits per heavy atom. The van der Waals surface area contributed by atoms with Crippen LogP contribution in [-0.2, 0) is 9.47 Å². The average Bonchev–Trinajstić information content (AvgIpc) is 2.56. The molecular weight excluding hydrogens is 282 g/mol. The van der Waals surface area contributed by atoms with Gasteiger partial charge in [0.1, 0.15) is 0 Å². The maximum Gasteiger partial charge on any atom is 0.319 e. The molecule has 0 bridgehead atoms. The second-order valence-electron chi connectivity index (χ2n) is 5.37. The number of benzene rings is 1. The second kappa shape index (κ2) is 8.60. The fourth-order valence-corrected chi connectivity index (χ4v) is 2.56. The summed E-state index contributed by atoms with van der Waals surface area (Å²) < 4.78 is 10.3. The third kappa shape index (κ3) is 4.89. The number of hydrogen-bond donors (Lipinski definition) is 2. The van der Waals surface area contributed by atoms with E-state index in [-0.39, 0.29) is 6.03 Å². The molecule has 1 aliphatic rings. The van der Waals surface area contributed by atoms with Crippen LogP contribution in [0.4, 0.5) is 16.2 Å². The van der Waals surface area contributed by atoms with Gasteiger partial charge in [-0.3, -0.25) is 0 Å². The number of carbonyl (C=O) groups is 1. The van der Waals surface area contributed by atoms with Crippen LogP contribution in [0.5, 0.6) is 0 Å². The highest BCUT2D eigenvalue weighted by molar-refractivity contribution is 5.89. The third-order valence-corrected chi connectivity index (χ3v) is 3.79. The zero-order chi connectivity index (χ0) is 15.8. The lowest BCUT2D eigenvalue weighted by Crippen LogP contribution is -2.39. The highest BCUT2D eigenvalue weighted by atomic mass is 16.5. The Balaban J connectivity index is 1.86. The highest BCUT2D eigenvalue weighted by Gasteiger charge is 2.19. The van der Waals surface area contributed by atoms with E-state index >= 15 is 0 Å². The predicted molar refractivity (Wildman–Crippen MR) is 87.6 cm³/mol. The number of carbonyl (C=O) groups excluding carboxylic acids is 1. The normalized spacial score (nSPS) is 18.1. The fraction of sp³-hybridized carbons (Fsp3) is 0.562. The standard InChI is InChI=1S/C16H25N3O3/c1-21-11-9-17-16(20)18-13-5-7-14(8-6-13)19-10-3-4-15(12-19)22-2/h5-8,15H,3-4,9-12H2,1-2H3,(H2,17,18,20). The molecule has 1 saturated heterocycles. The summed E-state index contributed by atoms with van der Waals surface area (Å²) in [4.78, 5) is 14.0. The molecule has 1 aromatic carbocycles. The number of amides is 2. The van der Waals surface area contributed by atoms with Crippen LogP contribution in [0.3, 0.4) is 0 Å². The number of ether oxygens (including phenoxy) is 2. The summed E-state index contributed by atoms with van der Waals surface area (Å²) in [5.74, 6) is 0. The second-order valence-corrected chi connectivity index (χ2v) is 5.37. The SMILES string of the molecule is COCCNC(=O)Nc1ccc(N2CCCC(OC)C2)cc1. The molecule has 0 aromatic heterocycles. The van der Waals surface area contributed by atoms with Gasteiger partial charge < -0.3 is 25.0 Å². The Morgan fingerprint density at radius 1 is 1.32 bits per heavy atom. The molecule has 1 fully saturated rings. The first-order valence-corrected chi connectivity index (χ1v) is 7.64. The van der Waals surface area contributed by atoms with E-state index in [9.17, 15) is 4.79 Å². The van der Waals surface area contributed by atoms with E-state index in [1.54, 1.807) is 14.2 Å². The molecule has 2 amide bonds. The molecule has 22 heavy (non-hydrogen) atoms. The van der Waals surface area contributed by atoms with Crippen LogP contribution in [0, 0.1) is 0 Å². The molecule has 0 radical (unpaired) electrons. The van der Waals surface area contributed by atoms with Crippen LogP contribution in [-0.4, -0.2) is 52.6 Å². The van der Waals surface area contributed by atoms with E-state index in [0.29, 0.717) is 19.3 Å². The largest absolute Gasteiger partial charge is 0.383 e. The Hall–Kier alpha value is -1.79. The van der Waals surface area contributed by atoms with Gasteiger partial charge in [-0.05, 0) is 37.1 Å². The molecule has 6 heteroatoms. The van der Waals surface area contributed by atoms with E-state index in [4.69, 9.17) is 9.47 Å². The average molecular weight is 307 g/mol. The summed E-state index contributed by atoms with van der Waals surface area (Å²) >= 11 is 0. The zero-order valence-corrected chi connectivity index (χ0v) is 13.3. The van der Waals surface area contributed by atoms with Crippen molar-refractivity contribution in [3.8, 4) is 0 Å². The molecule has 1 aromatic rings. The van der Waals surface area contributed by atoms with Crippen molar-refractivity contribution in [3.63, 3.8) is 0 Å². The van der Waals surface area contributed by atoms with E-state index in [0.717, 1.165) is 37.3 Å². The van der Waals surface area contributed by atoms with E-state index in [1.807, 2.05) is 24.3 Å². The minimum absolute atomic E-state index is 0.220. The molecule has 2 N–H and O–H groups in total. The Bertz CT molecular complexity index is 464.